The second-order valence-electron chi connectivity index (χ2n) is 3.81. The molecule has 0 aliphatic carbocycles. The van der Waals surface area contributed by atoms with Crippen molar-refractivity contribution in [2.24, 2.45) is 0 Å². The van der Waals surface area contributed by atoms with Gasteiger partial charge in [0.2, 0.25) is 0 Å². The highest BCUT2D eigenvalue weighted by atomic mass is 32.2. The molecule has 1 heterocycles. The first-order chi connectivity index (χ1) is 7.65. The lowest BCUT2D eigenvalue weighted by atomic mass is 10.3. The Balaban J connectivity index is 2.70. The summed E-state index contributed by atoms with van der Waals surface area (Å²) >= 11 is 1.63. The second-order valence-corrected chi connectivity index (χ2v) is 5.18. The molecule has 0 aromatic carbocycles. The Kier molecular flexibility index (Phi) is 5.80. The van der Waals surface area contributed by atoms with Crippen molar-refractivity contribution in [1.82, 2.24) is 10.3 Å². The molecule has 1 aromatic rings. The van der Waals surface area contributed by atoms with Crippen molar-refractivity contribution in [2.45, 2.75) is 43.7 Å². The number of hydrogen-bond acceptors (Lipinski definition) is 4. The van der Waals surface area contributed by atoms with Crippen molar-refractivity contribution in [1.29, 1.82) is 0 Å². The van der Waals surface area contributed by atoms with Crippen molar-refractivity contribution < 1.29 is 5.11 Å². The summed E-state index contributed by atoms with van der Waals surface area (Å²) in [7, 11) is 0. The number of rotatable bonds is 6. The van der Waals surface area contributed by atoms with Crippen LogP contribution < -0.4 is 5.32 Å². The first kappa shape index (κ1) is 13.5. The summed E-state index contributed by atoms with van der Waals surface area (Å²) in [6, 6.07) is 4.02. The van der Waals surface area contributed by atoms with Gasteiger partial charge in [-0.25, -0.2) is 4.98 Å². The van der Waals surface area contributed by atoms with Crippen LogP contribution in [0.5, 0.6) is 0 Å². The Morgan fingerprint density at radius 1 is 1.50 bits per heavy atom. The molecule has 0 spiro atoms. The Bertz CT molecular complexity index is 318. The van der Waals surface area contributed by atoms with Gasteiger partial charge in [0, 0.05) is 18.0 Å². The summed E-state index contributed by atoms with van der Waals surface area (Å²) in [5.74, 6) is 0. The van der Waals surface area contributed by atoms with E-state index < -0.39 is 0 Å². The number of pyridine rings is 1. The van der Waals surface area contributed by atoms with Gasteiger partial charge in [0.15, 0.2) is 0 Å². The van der Waals surface area contributed by atoms with E-state index >= 15 is 0 Å². The van der Waals surface area contributed by atoms with Crippen molar-refractivity contribution in [2.75, 3.05) is 6.54 Å². The maximum atomic E-state index is 9.48. The van der Waals surface area contributed by atoms with Crippen molar-refractivity contribution in [3.63, 3.8) is 0 Å². The molecule has 90 valence electrons. The summed E-state index contributed by atoms with van der Waals surface area (Å²) < 4.78 is 0. The zero-order valence-corrected chi connectivity index (χ0v) is 10.9. The van der Waals surface area contributed by atoms with E-state index in [0.717, 1.165) is 18.1 Å². The van der Waals surface area contributed by atoms with Crippen LogP contribution in [0.1, 0.15) is 26.3 Å². The first-order valence-corrected chi connectivity index (χ1v) is 6.52. The summed E-state index contributed by atoms with van der Waals surface area (Å²) in [5, 5.41) is 13.9. The van der Waals surface area contributed by atoms with Crippen LogP contribution in [-0.4, -0.2) is 28.0 Å². The van der Waals surface area contributed by atoms with Gasteiger partial charge in [-0.15, -0.1) is 11.8 Å². The van der Waals surface area contributed by atoms with Gasteiger partial charge in [-0.05, 0) is 25.1 Å². The molecular formula is C12H20N2OS. The molecule has 16 heavy (non-hydrogen) atoms. The summed E-state index contributed by atoms with van der Waals surface area (Å²) in [5.41, 5.74) is 1.20. The molecule has 0 fully saturated rings. The van der Waals surface area contributed by atoms with Crippen LogP contribution in [0, 0.1) is 0 Å². The number of aliphatic hydroxyl groups excluding tert-OH is 1. The average molecular weight is 240 g/mol. The Labute approximate surface area is 102 Å². The quantitative estimate of drug-likeness (QED) is 0.747. The minimum Gasteiger partial charge on any atom is -0.392 e. The van der Waals surface area contributed by atoms with Crippen LogP contribution in [0.3, 0.4) is 0 Å². The normalized spacial score (nSPS) is 14.8. The van der Waals surface area contributed by atoms with Gasteiger partial charge in [0.1, 0.15) is 5.03 Å². The number of thioether (sulfide) groups is 1. The van der Waals surface area contributed by atoms with E-state index in [1.165, 1.54) is 5.56 Å². The van der Waals surface area contributed by atoms with Crippen molar-refractivity contribution >= 4 is 11.8 Å². The standard InChI is InChI=1S/C12H20N2OS/c1-4-13-8-11-6-5-7-14-12(11)16-10(3)9(2)15/h5-7,9-10,13,15H,4,8H2,1-3H3. The minimum absolute atomic E-state index is 0.162. The predicted octanol–water partition coefficient (Wildman–Crippen LogP) is 2.05. The molecule has 0 bridgehead atoms. The van der Waals surface area contributed by atoms with Crippen LogP contribution in [0.25, 0.3) is 0 Å². The van der Waals surface area contributed by atoms with E-state index in [2.05, 4.69) is 23.3 Å². The van der Waals surface area contributed by atoms with E-state index in [4.69, 9.17) is 0 Å². The molecule has 2 unspecified atom stereocenters. The van der Waals surface area contributed by atoms with Gasteiger partial charge < -0.3 is 10.4 Å². The van der Waals surface area contributed by atoms with Crippen LogP contribution >= 0.6 is 11.8 Å². The van der Waals surface area contributed by atoms with Crippen LogP contribution in [0.15, 0.2) is 23.4 Å². The third-order valence-corrected chi connectivity index (χ3v) is 3.75. The fourth-order valence-corrected chi connectivity index (χ4v) is 2.16. The zero-order valence-electron chi connectivity index (χ0n) is 10.1. The highest BCUT2D eigenvalue weighted by Gasteiger charge is 2.13. The number of aliphatic hydroxyl groups is 1. The molecule has 0 radical (unpaired) electrons. The first-order valence-electron chi connectivity index (χ1n) is 5.64. The topological polar surface area (TPSA) is 45.2 Å². The molecule has 0 aliphatic heterocycles. The van der Waals surface area contributed by atoms with Crippen LogP contribution in [0.4, 0.5) is 0 Å². The third kappa shape index (κ3) is 4.12. The Morgan fingerprint density at radius 2 is 2.25 bits per heavy atom. The summed E-state index contributed by atoms with van der Waals surface area (Å²) in [6.07, 6.45) is 1.48. The highest BCUT2D eigenvalue weighted by Crippen LogP contribution is 2.26. The van der Waals surface area contributed by atoms with E-state index in [1.807, 2.05) is 19.9 Å². The van der Waals surface area contributed by atoms with Gasteiger partial charge in [-0.1, -0.05) is 19.9 Å². The molecular weight excluding hydrogens is 220 g/mol. The lowest BCUT2D eigenvalue weighted by molar-refractivity contribution is 0.196. The molecule has 1 rings (SSSR count). The molecule has 0 aliphatic rings. The zero-order chi connectivity index (χ0) is 12.0. The largest absolute Gasteiger partial charge is 0.392 e. The van der Waals surface area contributed by atoms with Crippen LogP contribution in [-0.2, 0) is 6.54 Å². The van der Waals surface area contributed by atoms with Gasteiger partial charge in [0.25, 0.3) is 0 Å². The minimum atomic E-state index is -0.320. The SMILES string of the molecule is CCNCc1cccnc1SC(C)C(C)O. The molecule has 1 aromatic heterocycles. The highest BCUT2D eigenvalue weighted by molar-refractivity contribution is 7.99. The summed E-state index contributed by atoms with van der Waals surface area (Å²) in [4.78, 5) is 4.37. The summed E-state index contributed by atoms with van der Waals surface area (Å²) in [6.45, 7) is 7.69. The van der Waals surface area contributed by atoms with E-state index in [1.54, 1.807) is 18.0 Å². The van der Waals surface area contributed by atoms with Gasteiger partial charge in [-0.2, -0.15) is 0 Å². The number of nitrogens with zero attached hydrogens (tertiary/aromatic N) is 1. The lowest BCUT2D eigenvalue weighted by Gasteiger charge is -2.15. The number of nitrogens with one attached hydrogen (secondary N) is 1. The fourth-order valence-electron chi connectivity index (χ4n) is 1.20. The second kappa shape index (κ2) is 6.89. The molecule has 0 amide bonds. The van der Waals surface area contributed by atoms with Crippen molar-refractivity contribution in [3.8, 4) is 0 Å². The van der Waals surface area contributed by atoms with Crippen LogP contribution in [0.2, 0.25) is 0 Å². The third-order valence-electron chi connectivity index (χ3n) is 2.39. The lowest BCUT2D eigenvalue weighted by Crippen LogP contribution is -2.17. The van der Waals surface area contributed by atoms with E-state index in [9.17, 15) is 5.11 Å². The fraction of sp³-hybridized carbons (Fsp3) is 0.583. The van der Waals surface area contributed by atoms with Gasteiger partial charge in [-0.3, -0.25) is 0 Å². The molecule has 2 atom stereocenters. The average Bonchev–Trinajstić information content (AvgIpc) is 2.27. The number of aromatic nitrogens is 1. The molecule has 0 saturated carbocycles. The van der Waals surface area contributed by atoms with Gasteiger partial charge in [0.05, 0.1) is 6.10 Å². The monoisotopic (exact) mass is 240 g/mol. The van der Waals surface area contributed by atoms with E-state index in [0.29, 0.717) is 0 Å². The van der Waals surface area contributed by atoms with E-state index in [-0.39, 0.29) is 11.4 Å². The Morgan fingerprint density at radius 3 is 2.88 bits per heavy atom. The number of hydrogen-bond donors (Lipinski definition) is 2. The molecule has 0 saturated heterocycles. The van der Waals surface area contributed by atoms with Crippen molar-refractivity contribution in [3.05, 3.63) is 23.9 Å². The molecule has 4 heteroatoms. The maximum absolute atomic E-state index is 9.48. The Hall–Kier alpha value is -0.580. The predicted molar refractivity (Wildman–Crippen MR) is 68.6 cm³/mol. The maximum Gasteiger partial charge on any atom is 0.101 e. The molecule has 2 N–H and O–H groups in total. The molecule has 3 nitrogen and oxygen atoms in total. The smallest absolute Gasteiger partial charge is 0.101 e. The van der Waals surface area contributed by atoms with Gasteiger partial charge >= 0.3 is 0 Å².